The predicted molar refractivity (Wildman–Crippen MR) is 71.9 cm³/mol. The molecule has 98 valence electrons. The lowest BCUT2D eigenvalue weighted by Crippen LogP contribution is -2.50. The zero-order valence-electron chi connectivity index (χ0n) is 11.6. The van der Waals surface area contributed by atoms with Gasteiger partial charge >= 0.3 is 0 Å². The van der Waals surface area contributed by atoms with E-state index in [-0.39, 0.29) is 5.41 Å². The second-order valence-electron chi connectivity index (χ2n) is 5.70. The molecule has 0 bridgehead atoms. The number of rotatable bonds is 3. The molecule has 0 saturated carbocycles. The molecule has 2 rings (SSSR count). The molecule has 0 saturated heterocycles. The molecule has 0 aliphatic rings. The average Bonchev–Trinajstić information content (AvgIpc) is 2.70. The lowest BCUT2D eigenvalue weighted by Gasteiger charge is -2.35. The molecule has 0 amide bonds. The van der Waals surface area contributed by atoms with Gasteiger partial charge in [0.2, 0.25) is 5.89 Å². The van der Waals surface area contributed by atoms with E-state index in [0.717, 1.165) is 16.8 Å². The fourth-order valence-electron chi connectivity index (χ4n) is 1.58. The standard InChI is InChI=1S/C14H20N2O2/c1-13(2,14(3,4)15)12-16-10-8-9(17-5)6-7-11(10)18-12/h6-8H,15H2,1-5H3. The Morgan fingerprint density at radius 3 is 2.44 bits per heavy atom. The van der Waals surface area contributed by atoms with Crippen molar-refractivity contribution >= 4 is 11.1 Å². The van der Waals surface area contributed by atoms with Crippen LogP contribution in [0.4, 0.5) is 0 Å². The summed E-state index contributed by atoms with van der Waals surface area (Å²) >= 11 is 0. The van der Waals surface area contributed by atoms with Crippen LogP contribution in [0.3, 0.4) is 0 Å². The van der Waals surface area contributed by atoms with Gasteiger partial charge in [0.15, 0.2) is 5.58 Å². The third-order valence-electron chi connectivity index (χ3n) is 3.74. The first kappa shape index (κ1) is 12.9. The highest BCUT2D eigenvalue weighted by atomic mass is 16.5. The highest BCUT2D eigenvalue weighted by molar-refractivity contribution is 5.74. The summed E-state index contributed by atoms with van der Waals surface area (Å²) in [4.78, 5) is 4.53. The van der Waals surface area contributed by atoms with E-state index >= 15 is 0 Å². The molecule has 0 radical (unpaired) electrons. The van der Waals surface area contributed by atoms with Crippen LogP contribution < -0.4 is 10.5 Å². The zero-order chi connectivity index (χ0) is 13.6. The van der Waals surface area contributed by atoms with Crippen LogP contribution in [-0.2, 0) is 5.41 Å². The Hall–Kier alpha value is -1.55. The Balaban J connectivity index is 2.54. The molecule has 2 N–H and O–H groups in total. The van der Waals surface area contributed by atoms with Crippen molar-refractivity contribution in [2.24, 2.45) is 5.73 Å². The largest absolute Gasteiger partial charge is 0.497 e. The molecule has 1 aromatic heterocycles. The van der Waals surface area contributed by atoms with E-state index in [4.69, 9.17) is 14.9 Å². The van der Waals surface area contributed by atoms with E-state index < -0.39 is 5.54 Å². The fraction of sp³-hybridized carbons (Fsp3) is 0.500. The molecule has 2 aromatic rings. The lowest BCUT2D eigenvalue weighted by atomic mass is 9.75. The van der Waals surface area contributed by atoms with Gasteiger partial charge in [0.05, 0.1) is 12.5 Å². The van der Waals surface area contributed by atoms with Gasteiger partial charge in [-0.1, -0.05) is 0 Å². The quantitative estimate of drug-likeness (QED) is 0.907. The number of aromatic nitrogens is 1. The molecule has 4 nitrogen and oxygen atoms in total. The predicted octanol–water partition coefficient (Wildman–Crippen LogP) is 2.85. The topological polar surface area (TPSA) is 61.3 Å². The zero-order valence-corrected chi connectivity index (χ0v) is 11.6. The van der Waals surface area contributed by atoms with E-state index in [1.807, 2.05) is 45.9 Å². The average molecular weight is 248 g/mol. The van der Waals surface area contributed by atoms with E-state index in [0.29, 0.717) is 5.89 Å². The van der Waals surface area contributed by atoms with Crippen molar-refractivity contribution in [2.75, 3.05) is 7.11 Å². The van der Waals surface area contributed by atoms with Crippen LogP contribution in [0.15, 0.2) is 22.6 Å². The Morgan fingerprint density at radius 1 is 1.22 bits per heavy atom. The number of methoxy groups -OCH3 is 1. The van der Waals surface area contributed by atoms with Crippen molar-refractivity contribution in [3.05, 3.63) is 24.1 Å². The van der Waals surface area contributed by atoms with Gasteiger partial charge in [-0.15, -0.1) is 0 Å². The van der Waals surface area contributed by atoms with Crippen LogP contribution in [0, 0.1) is 0 Å². The Kier molecular flexibility index (Phi) is 2.86. The van der Waals surface area contributed by atoms with Crippen LogP contribution in [0.2, 0.25) is 0 Å². The summed E-state index contributed by atoms with van der Waals surface area (Å²) in [5.41, 5.74) is 6.98. The van der Waals surface area contributed by atoms with Gasteiger partial charge in [-0.2, -0.15) is 0 Å². The second kappa shape index (κ2) is 3.99. The van der Waals surface area contributed by atoms with Gasteiger partial charge < -0.3 is 14.9 Å². The summed E-state index contributed by atoms with van der Waals surface area (Å²) in [6.45, 7) is 8.02. The van der Waals surface area contributed by atoms with Crippen LogP contribution in [0.5, 0.6) is 5.75 Å². The van der Waals surface area contributed by atoms with Gasteiger partial charge in [-0.25, -0.2) is 4.98 Å². The minimum Gasteiger partial charge on any atom is -0.497 e. The molecular weight excluding hydrogens is 228 g/mol. The normalized spacial score (nSPS) is 13.0. The number of fused-ring (bicyclic) bond motifs is 1. The molecule has 0 spiro atoms. The molecule has 0 unspecified atom stereocenters. The number of hydrogen-bond acceptors (Lipinski definition) is 4. The van der Waals surface area contributed by atoms with Gasteiger partial charge in [-0.05, 0) is 39.8 Å². The van der Waals surface area contributed by atoms with Crippen LogP contribution in [-0.4, -0.2) is 17.6 Å². The first-order valence-corrected chi connectivity index (χ1v) is 5.99. The Morgan fingerprint density at radius 2 is 1.89 bits per heavy atom. The first-order chi connectivity index (χ1) is 8.25. The van der Waals surface area contributed by atoms with Crippen LogP contribution in [0.1, 0.15) is 33.6 Å². The molecular formula is C14H20N2O2. The number of benzene rings is 1. The fourth-order valence-corrected chi connectivity index (χ4v) is 1.58. The molecule has 4 heteroatoms. The van der Waals surface area contributed by atoms with E-state index in [2.05, 4.69) is 4.98 Å². The maximum absolute atomic E-state index is 6.20. The van der Waals surface area contributed by atoms with Crippen molar-refractivity contribution in [1.29, 1.82) is 0 Å². The number of ether oxygens (including phenoxy) is 1. The minimum absolute atomic E-state index is 0.348. The van der Waals surface area contributed by atoms with Crippen molar-refractivity contribution in [2.45, 2.75) is 38.6 Å². The maximum atomic E-state index is 6.20. The highest BCUT2D eigenvalue weighted by Crippen LogP contribution is 2.34. The maximum Gasteiger partial charge on any atom is 0.202 e. The van der Waals surface area contributed by atoms with Gasteiger partial charge in [-0.3, -0.25) is 0 Å². The number of nitrogens with zero attached hydrogens (tertiary/aromatic N) is 1. The number of hydrogen-bond donors (Lipinski definition) is 1. The second-order valence-corrected chi connectivity index (χ2v) is 5.70. The summed E-state index contributed by atoms with van der Waals surface area (Å²) in [7, 11) is 1.63. The SMILES string of the molecule is COc1ccc2oc(C(C)(C)C(C)(C)N)nc2c1. The molecule has 0 fully saturated rings. The van der Waals surface area contributed by atoms with E-state index in [1.54, 1.807) is 7.11 Å². The first-order valence-electron chi connectivity index (χ1n) is 5.99. The van der Waals surface area contributed by atoms with Crippen molar-refractivity contribution in [1.82, 2.24) is 4.98 Å². The summed E-state index contributed by atoms with van der Waals surface area (Å²) in [6.07, 6.45) is 0. The summed E-state index contributed by atoms with van der Waals surface area (Å²) < 4.78 is 11.0. The Bertz CT molecular complexity index is 565. The van der Waals surface area contributed by atoms with Gasteiger partial charge in [0, 0.05) is 11.6 Å². The van der Waals surface area contributed by atoms with Gasteiger partial charge in [0.1, 0.15) is 11.3 Å². The lowest BCUT2D eigenvalue weighted by molar-refractivity contribution is 0.251. The molecule has 1 aromatic carbocycles. The minimum atomic E-state index is -0.419. The number of oxazole rings is 1. The number of nitrogens with two attached hydrogens (primary N) is 1. The highest BCUT2D eigenvalue weighted by Gasteiger charge is 2.39. The van der Waals surface area contributed by atoms with E-state index in [1.165, 1.54) is 0 Å². The summed E-state index contributed by atoms with van der Waals surface area (Å²) in [5.74, 6) is 1.42. The third-order valence-corrected chi connectivity index (χ3v) is 3.74. The molecule has 18 heavy (non-hydrogen) atoms. The molecule has 0 aliphatic carbocycles. The van der Waals surface area contributed by atoms with Crippen molar-refractivity contribution in [3.63, 3.8) is 0 Å². The molecule has 0 atom stereocenters. The monoisotopic (exact) mass is 248 g/mol. The van der Waals surface area contributed by atoms with Crippen LogP contribution in [0.25, 0.3) is 11.1 Å². The van der Waals surface area contributed by atoms with Gasteiger partial charge in [0.25, 0.3) is 0 Å². The summed E-state index contributed by atoms with van der Waals surface area (Å²) in [5, 5.41) is 0. The Labute approximate surface area is 107 Å². The smallest absolute Gasteiger partial charge is 0.202 e. The van der Waals surface area contributed by atoms with E-state index in [9.17, 15) is 0 Å². The summed E-state index contributed by atoms with van der Waals surface area (Å²) in [6, 6.07) is 5.59. The third kappa shape index (κ3) is 1.97. The van der Waals surface area contributed by atoms with Crippen molar-refractivity contribution < 1.29 is 9.15 Å². The van der Waals surface area contributed by atoms with Crippen molar-refractivity contribution in [3.8, 4) is 5.75 Å². The van der Waals surface area contributed by atoms with Crippen LogP contribution >= 0.6 is 0 Å². The molecule has 1 heterocycles. The molecule has 0 aliphatic heterocycles.